The van der Waals surface area contributed by atoms with E-state index in [0.717, 1.165) is 23.4 Å². The van der Waals surface area contributed by atoms with Crippen molar-refractivity contribution >= 4 is 26.6 Å². The topological polar surface area (TPSA) is 107 Å². The molecule has 0 unspecified atom stereocenters. The number of amides is 1. The van der Waals surface area contributed by atoms with Crippen LogP contribution in [-0.4, -0.2) is 41.9 Å². The Morgan fingerprint density at radius 2 is 1.97 bits per heavy atom. The van der Waals surface area contributed by atoms with Gasteiger partial charge in [-0.25, -0.2) is 17.8 Å². The Hall–Kier alpha value is -3.11. The fourth-order valence-corrected chi connectivity index (χ4v) is 4.87. The van der Waals surface area contributed by atoms with Gasteiger partial charge in [-0.1, -0.05) is 12.1 Å². The first-order valence-electron chi connectivity index (χ1n) is 10.4. The van der Waals surface area contributed by atoms with E-state index in [-0.39, 0.29) is 18.4 Å². The van der Waals surface area contributed by atoms with Crippen molar-refractivity contribution in [2.75, 3.05) is 13.3 Å². The van der Waals surface area contributed by atoms with Crippen molar-refractivity contribution in [3.05, 3.63) is 64.0 Å². The summed E-state index contributed by atoms with van der Waals surface area (Å²) >= 11 is 0. The lowest BCUT2D eigenvalue weighted by Crippen LogP contribution is -2.49. The van der Waals surface area contributed by atoms with Gasteiger partial charge in [-0.05, 0) is 48.2 Å². The van der Waals surface area contributed by atoms with E-state index in [1.54, 1.807) is 0 Å². The molecule has 2 heterocycles. The number of carbonyl (C=O) groups excluding carboxylic acids is 1. The van der Waals surface area contributed by atoms with Gasteiger partial charge in [0.15, 0.2) is 9.84 Å². The molecule has 0 bridgehead atoms. The smallest absolute Gasteiger partial charge is 0.261 e. The highest BCUT2D eigenvalue weighted by atomic mass is 32.2. The average molecular weight is 474 g/mol. The Kier molecular flexibility index (Phi) is 5.83. The van der Waals surface area contributed by atoms with Gasteiger partial charge < -0.3 is 10.1 Å². The van der Waals surface area contributed by atoms with Crippen LogP contribution in [0.25, 0.3) is 22.0 Å². The van der Waals surface area contributed by atoms with Crippen LogP contribution in [-0.2, 0) is 39.1 Å². The molecular formula is C23H24FN3O5S. The van der Waals surface area contributed by atoms with Crippen LogP contribution in [0.4, 0.5) is 4.39 Å². The molecule has 3 aromatic rings. The van der Waals surface area contributed by atoms with Gasteiger partial charge in [0, 0.05) is 25.4 Å². The monoisotopic (exact) mass is 473 g/mol. The molecule has 10 heteroatoms. The Morgan fingerprint density at radius 1 is 1.24 bits per heavy atom. The van der Waals surface area contributed by atoms with E-state index in [9.17, 15) is 18.0 Å². The summed E-state index contributed by atoms with van der Waals surface area (Å²) in [6, 6.07) is 8.26. The van der Waals surface area contributed by atoms with Crippen molar-refractivity contribution in [1.29, 1.82) is 0 Å². The van der Waals surface area contributed by atoms with E-state index < -0.39 is 31.9 Å². The van der Waals surface area contributed by atoms with Crippen LogP contribution in [0.2, 0.25) is 0 Å². The van der Waals surface area contributed by atoms with Crippen LogP contribution in [0.15, 0.2) is 41.5 Å². The number of hydrogen-bond acceptors (Lipinski definition) is 6. The molecule has 2 aromatic carbocycles. The molecular weight excluding hydrogens is 449 g/mol. The number of halogens is 1. The second-order valence-electron chi connectivity index (χ2n) is 8.40. The van der Waals surface area contributed by atoms with Gasteiger partial charge in [-0.15, -0.1) is 0 Å². The summed E-state index contributed by atoms with van der Waals surface area (Å²) in [5, 5.41) is 2.43. The summed E-state index contributed by atoms with van der Waals surface area (Å²) in [6.45, 7) is 2.25. The van der Waals surface area contributed by atoms with E-state index in [0.29, 0.717) is 29.9 Å². The first-order valence-corrected chi connectivity index (χ1v) is 12.2. The maximum Gasteiger partial charge on any atom is 0.261 e. The molecule has 1 aliphatic rings. The molecule has 0 saturated heterocycles. The van der Waals surface area contributed by atoms with Crippen molar-refractivity contribution in [3.63, 3.8) is 0 Å². The minimum Gasteiger partial charge on any atom is -0.372 e. The van der Waals surface area contributed by atoms with Crippen molar-refractivity contribution in [2.24, 2.45) is 0 Å². The lowest BCUT2D eigenvalue weighted by Gasteiger charge is -2.25. The molecule has 4 rings (SSSR count). The first-order chi connectivity index (χ1) is 15.5. The van der Waals surface area contributed by atoms with Gasteiger partial charge in [0.1, 0.15) is 10.6 Å². The van der Waals surface area contributed by atoms with Crippen LogP contribution in [0.1, 0.15) is 24.5 Å². The predicted molar refractivity (Wildman–Crippen MR) is 122 cm³/mol. The molecule has 8 nitrogen and oxygen atoms in total. The maximum absolute atomic E-state index is 15.0. The van der Waals surface area contributed by atoms with Crippen LogP contribution < -0.4 is 10.9 Å². The number of fused-ring (bicyclic) bond motifs is 2. The number of hydrogen-bond donors (Lipinski definition) is 1. The van der Waals surface area contributed by atoms with Gasteiger partial charge in [0.2, 0.25) is 5.91 Å². The van der Waals surface area contributed by atoms with Gasteiger partial charge >= 0.3 is 0 Å². The number of rotatable bonds is 6. The van der Waals surface area contributed by atoms with E-state index in [1.807, 2.05) is 18.2 Å². The second kappa shape index (κ2) is 8.35. The molecule has 0 radical (unpaired) electrons. The first kappa shape index (κ1) is 23.1. The zero-order valence-electron chi connectivity index (χ0n) is 18.5. The molecule has 1 N–H and O–H groups in total. The fraction of sp³-hybridized carbons (Fsp3) is 0.348. The number of nitrogens with zero attached hydrogens (tertiary/aromatic N) is 2. The molecule has 0 aliphatic carbocycles. The lowest BCUT2D eigenvalue weighted by molar-refractivity contribution is -0.123. The average Bonchev–Trinajstić information content (AvgIpc) is 3.25. The molecule has 1 atom stereocenters. The van der Waals surface area contributed by atoms with Crippen molar-refractivity contribution in [1.82, 2.24) is 14.9 Å². The Labute approximate surface area is 190 Å². The standard InChI is InChI=1S/C23H24FN3O5S/c1-23(22(29)25-2,33(3,30)31)6-7-27-13-26-20-10-17(19(24)9-18(20)21(27)28)14-4-5-15-11-32-12-16(15)8-14/h4-5,8-10,13H,6-7,11-12H2,1-3H3,(H,25,29)/t23-/m1/s1. The zero-order chi connectivity index (χ0) is 24.0. The molecule has 174 valence electrons. The number of sulfone groups is 1. The van der Waals surface area contributed by atoms with E-state index in [1.165, 1.54) is 30.9 Å². The minimum atomic E-state index is -3.77. The number of aryl methyl sites for hydroxylation is 1. The summed E-state index contributed by atoms with van der Waals surface area (Å²) in [4.78, 5) is 29.5. The third-order valence-electron chi connectivity index (χ3n) is 6.30. The second-order valence-corrected chi connectivity index (χ2v) is 10.8. The van der Waals surface area contributed by atoms with Gasteiger partial charge in [-0.3, -0.25) is 14.2 Å². The minimum absolute atomic E-state index is 0.0734. The molecule has 1 aromatic heterocycles. The molecule has 0 fully saturated rings. The zero-order valence-corrected chi connectivity index (χ0v) is 19.3. The maximum atomic E-state index is 15.0. The van der Waals surface area contributed by atoms with Crippen LogP contribution in [0.5, 0.6) is 0 Å². The Balaban J connectivity index is 1.69. The molecule has 1 amide bonds. The Morgan fingerprint density at radius 3 is 2.67 bits per heavy atom. The van der Waals surface area contributed by atoms with Crippen LogP contribution in [0, 0.1) is 5.82 Å². The van der Waals surface area contributed by atoms with Gasteiger partial charge in [0.05, 0.1) is 30.4 Å². The SMILES string of the molecule is CNC(=O)[C@@](C)(CCn1cnc2cc(-c3ccc4c(c3)COC4)c(F)cc2c1=O)S(C)(=O)=O. The molecule has 0 spiro atoms. The van der Waals surface area contributed by atoms with Gasteiger partial charge in [-0.2, -0.15) is 0 Å². The summed E-state index contributed by atoms with van der Waals surface area (Å²) in [7, 11) is -2.41. The van der Waals surface area contributed by atoms with E-state index >= 15 is 4.39 Å². The quantitative estimate of drug-likeness (QED) is 0.588. The molecule has 0 saturated carbocycles. The van der Waals surface area contributed by atoms with Crippen LogP contribution >= 0.6 is 0 Å². The number of aromatic nitrogens is 2. The summed E-state index contributed by atoms with van der Waals surface area (Å²) in [5.41, 5.74) is 2.87. The summed E-state index contributed by atoms with van der Waals surface area (Å²) < 4.78 is 44.4. The molecule has 33 heavy (non-hydrogen) atoms. The number of ether oxygens (including phenoxy) is 1. The number of carbonyl (C=O) groups is 1. The third-order valence-corrected chi connectivity index (χ3v) is 8.33. The summed E-state index contributed by atoms with van der Waals surface area (Å²) in [5.74, 6) is -1.23. The molecule has 1 aliphatic heterocycles. The van der Waals surface area contributed by atoms with E-state index in [4.69, 9.17) is 4.74 Å². The van der Waals surface area contributed by atoms with E-state index in [2.05, 4.69) is 10.3 Å². The number of benzene rings is 2. The predicted octanol–water partition coefficient (Wildman–Crippen LogP) is 2.17. The highest BCUT2D eigenvalue weighted by Crippen LogP contribution is 2.30. The van der Waals surface area contributed by atoms with Crippen molar-refractivity contribution in [3.8, 4) is 11.1 Å². The van der Waals surface area contributed by atoms with Gasteiger partial charge in [0.25, 0.3) is 5.56 Å². The summed E-state index contributed by atoms with van der Waals surface area (Å²) in [6.07, 6.45) is 2.12. The van der Waals surface area contributed by atoms with Crippen molar-refractivity contribution < 1.29 is 22.3 Å². The largest absolute Gasteiger partial charge is 0.372 e. The highest BCUT2D eigenvalue weighted by molar-refractivity contribution is 7.92. The number of nitrogens with one attached hydrogen (secondary N) is 1. The lowest BCUT2D eigenvalue weighted by atomic mass is 9.99. The Bertz CT molecular complexity index is 1430. The third kappa shape index (κ3) is 4.04. The fourth-order valence-electron chi connectivity index (χ4n) is 3.96. The normalized spacial score (nSPS) is 15.3. The highest BCUT2D eigenvalue weighted by Gasteiger charge is 2.42. The van der Waals surface area contributed by atoms with Crippen molar-refractivity contribution in [2.45, 2.75) is 37.9 Å². The van der Waals surface area contributed by atoms with Crippen LogP contribution in [0.3, 0.4) is 0 Å².